The Balaban J connectivity index is 1.63. The molecule has 1 aliphatic rings. The molecule has 0 amide bonds. The number of aromatic nitrogens is 2. The van der Waals surface area contributed by atoms with Crippen LogP contribution in [0.25, 0.3) is 0 Å². The average molecular weight is 340 g/mol. The van der Waals surface area contributed by atoms with E-state index in [9.17, 15) is 4.79 Å². The number of carboxylic acid groups (broad SMARTS) is 1. The van der Waals surface area contributed by atoms with E-state index >= 15 is 0 Å². The molecule has 0 aromatic carbocycles. The third-order valence-corrected chi connectivity index (χ3v) is 4.70. The monoisotopic (exact) mass is 339 g/mol. The maximum Gasteiger partial charge on any atom is 0.356 e. The summed E-state index contributed by atoms with van der Waals surface area (Å²) in [4.78, 5) is 22.1. The second kappa shape index (κ2) is 6.70. The van der Waals surface area contributed by atoms with Crippen LogP contribution in [-0.2, 0) is 11.3 Å². The summed E-state index contributed by atoms with van der Waals surface area (Å²) < 4.78 is 6.55. The van der Waals surface area contributed by atoms with Gasteiger partial charge in [0.2, 0.25) is 0 Å². The predicted molar refractivity (Wildman–Crippen MR) is 82.3 cm³/mol. The zero-order valence-electron chi connectivity index (χ0n) is 11.6. The molecule has 8 heteroatoms. The summed E-state index contributed by atoms with van der Waals surface area (Å²) in [6.07, 6.45) is 2.81. The van der Waals surface area contributed by atoms with Crippen LogP contribution in [0.3, 0.4) is 0 Å². The molecule has 0 bridgehead atoms. The maximum atomic E-state index is 10.8. The van der Waals surface area contributed by atoms with Crippen molar-refractivity contribution in [3.05, 3.63) is 45.1 Å². The number of nitrogens with zero attached hydrogens (tertiary/aromatic N) is 3. The van der Waals surface area contributed by atoms with Gasteiger partial charge in [0, 0.05) is 24.5 Å². The van der Waals surface area contributed by atoms with Crippen LogP contribution < -0.4 is 0 Å². The molecule has 6 nitrogen and oxygen atoms in total. The Hall–Kier alpha value is -1.54. The molecule has 22 heavy (non-hydrogen) atoms. The van der Waals surface area contributed by atoms with E-state index in [-0.39, 0.29) is 11.8 Å². The smallest absolute Gasteiger partial charge is 0.356 e. The SMILES string of the molecule is O=C(O)c1cnc(CN2CCOC(c3ccc(Cl)s3)C2)cn1. The van der Waals surface area contributed by atoms with Gasteiger partial charge in [0.25, 0.3) is 0 Å². The van der Waals surface area contributed by atoms with Gasteiger partial charge in [-0.05, 0) is 12.1 Å². The Morgan fingerprint density at radius 1 is 1.45 bits per heavy atom. The van der Waals surface area contributed by atoms with Gasteiger partial charge in [0.05, 0.1) is 29.0 Å². The van der Waals surface area contributed by atoms with E-state index in [1.807, 2.05) is 12.1 Å². The molecule has 1 atom stereocenters. The van der Waals surface area contributed by atoms with Crippen LogP contribution in [0.1, 0.15) is 27.2 Å². The number of hydrogen-bond donors (Lipinski definition) is 1. The van der Waals surface area contributed by atoms with Gasteiger partial charge in [-0.3, -0.25) is 9.88 Å². The van der Waals surface area contributed by atoms with Crippen molar-refractivity contribution in [3.63, 3.8) is 0 Å². The third-order valence-electron chi connectivity index (χ3n) is 3.37. The first-order chi connectivity index (χ1) is 10.6. The van der Waals surface area contributed by atoms with Crippen LogP contribution in [-0.4, -0.2) is 45.6 Å². The molecule has 1 aliphatic heterocycles. The number of thiophene rings is 1. The Morgan fingerprint density at radius 2 is 2.32 bits per heavy atom. The lowest BCUT2D eigenvalue weighted by molar-refractivity contribution is -0.0315. The number of halogens is 1. The van der Waals surface area contributed by atoms with E-state index in [0.717, 1.165) is 28.0 Å². The summed E-state index contributed by atoms with van der Waals surface area (Å²) in [5, 5.41) is 8.82. The van der Waals surface area contributed by atoms with Crippen molar-refractivity contribution < 1.29 is 14.6 Å². The molecule has 0 aliphatic carbocycles. The minimum Gasteiger partial charge on any atom is -0.476 e. The molecule has 2 aromatic rings. The van der Waals surface area contributed by atoms with Gasteiger partial charge < -0.3 is 9.84 Å². The first-order valence-corrected chi connectivity index (χ1v) is 7.94. The van der Waals surface area contributed by atoms with E-state index in [1.165, 1.54) is 23.7 Å². The number of morpholine rings is 1. The van der Waals surface area contributed by atoms with E-state index in [2.05, 4.69) is 14.9 Å². The lowest BCUT2D eigenvalue weighted by Crippen LogP contribution is -2.37. The van der Waals surface area contributed by atoms with Crippen LogP contribution in [0.15, 0.2) is 24.5 Å². The number of carbonyl (C=O) groups is 1. The normalized spacial score (nSPS) is 19.2. The summed E-state index contributed by atoms with van der Waals surface area (Å²) in [6.45, 7) is 2.81. The summed E-state index contributed by atoms with van der Waals surface area (Å²) in [5.41, 5.74) is 0.701. The number of rotatable bonds is 4. The van der Waals surface area contributed by atoms with Gasteiger partial charge in [-0.15, -0.1) is 11.3 Å². The highest BCUT2D eigenvalue weighted by Gasteiger charge is 2.23. The Bertz CT molecular complexity index is 662. The quantitative estimate of drug-likeness (QED) is 0.922. The predicted octanol–water partition coefficient (Wildman–Crippen LogP) is 2.46. The van der Waals surface area contributed by atoms with Gasteiger partial charge in [-0.2, -0.15) is 0 Å². The van der Waals surface area contributed by atoms with Gasteiger partial charge >= 0.3 is 5.97 Å². The number of aromatic carboxylic acids is 1. The fourth-order valence-corrected chi connectivity index (χ4v) is 3.40. The second-order valence-corrected chi connectivity index (χ2v) is 6.68. The van der Waals surface area contributed by atoms with E-state index < -0.39 is 5.97 Å². The molecule has 1 saturated heterocycles. The standard InChI is InChI=1S/C14H14ClN3O3S/c15-13-2-1-12(22-13)11-8-18(3-4-21-11)7-9-5-17-10(6-16-9)14(19)20/h1-2,5-6,11H,3-4,7-8H2,(H,19,20). The molecule has 3 rings (SSSR count). The molecular formula is C14H14ClN3O3S. The molecule has 116 valence electrons. The molecule has 3 heterocycles. The molecular weight excluding hydrogens is 326 g/mol. The van der Waals surface area contributed by atoms with E-state index in [0.29, 0.717) is 13.2 Å². The third kappa shape index (κ3) is 3.61. The van der Waals surface area contributed by atoms with Crippen molar-refractivity contribution in [3.8, 4) is 0 Å². The van der Waals surface area contributed by atoms with Crippen molar-refractivity contribution in [2.75, 3.05) is 19.7 Å². The van der Waals surface area contributed by atoms with Crippen molar-refractivity contribution in [1.29, 1.82) is 0 Å². The minimum absolute atomic E-state index is 0.0116. The molecule has 1 N–H and O–H groups in total. The Kier molecular flexibility index (Phi) is 4.68. The highest BCUT2D eigenvalue weighted by molar-refractivity contribution is 7.16. The molecule has 2 aromatic heterocycles. The fourth-order valence-electron chi connectivity index (χ4n) is 2.30. The van der Waals surface area contributed by atoms with Crippen molar-refractivity contribution in [2.24, 2.45) is 0 Å². The second-order valence-electron chi connectivity index (χ2n) is 4.93. The van der Waals surface area contributed by atoms with Gasteiger partial charge in [-0.1, -0.05) is 11.6 Å². The number of ether oxygens (including phenoxy) is 1. The van der Waals surface area contributed by atoms with Crippen molar-refractivity contribution >= 4 is 28.9 Å². The van der Waals surface area contributed by atoms with Gasteiger partial charge in [-0.25, -0.2) is 9.78 Å². The first kappa shape index (κ1) is 15.4. The summed E-state index contributed by atoms with van der Waals surface area (Å²) >= 11 is 7.50. The Labute approximate surface area is 136 Å². The molecule has 1 unspecified atom stereocenters. The molecule has 0 radical (unpaired) electrons. The summed E-state index contributed by atoms with van der Waals surface area (Å²) in [6, 6.07) is 3.86. The Morgan fingerprint density at radius 3 is 2.95 bits per heavy atom. The lowest BCUT2D eigenvalue weighted by Gasteiger charge is -2.32. The van der Waals surface area contributed by atoms with E-state index in [1.54, 1.807) is 0 Å². The lowest BCUT2D eigenvalue weighted by atomic mass is 10.2. The largest absolute Gasteiger partial charge is 0.476 e. The van der Waals surface area contributed by atoms with Crippen LogP contribution in [0, 0.1) is 0 Å². The van der Waals surface area contributed by atoms with E-state index in [4.69, 9.17) is 21.4 Å². The maximum absolute atomic E-state index is 10.8. The van der Waals surface area contributed by atoms with Crippen LogP contribution in [0.4, 0.5) is 0 Å². The highest BCUT2D eigenvalue weighted by atomic mass is 35.5. The molecule has 1 fully saturated rings. The van der Waals surface area contributed by atoms with Gasteiger partial charge in [0.1, 0.15) is 6.10 Å². The minimum atomic E-state index is -1.07. The van der Waals surface area contributed by atoms with Gasteiger partial charge in [0.15, 0.2) is 5.69 Å². The van der Waals surface area contributed by atoms with Crippen LogP contribution in [0.2, 0.25) is 4.34 Å². The number of carboxylic acids is 1. The topological polar surface area (TPSA) is 75.5 Å². The highest BCUT2D eigenvalue weighted by Crippen LogP contribution is 2.31. The average Bonchev–Trinajstić information content (AvgIpc) is 2.95. The number of hydrogen-bond acceptors (Lipinski definition) is 6. The first-order valence-electron chi connectivity index (χ1n) is 6.75. The van der Waals surface area contributed by atoms with Crippen molar-refractivity contribution in [1.82, 2.24) is 14.9 Å². The van der Waals surface area contributed by atoms with Crippen molar-refractivity contribution in [2.45, 2.75) is 12.6 Å². The van der Waals surface area contributed by atoms with Crippen LogP contribution >= 0.6 is 22.9 Å². The fraction of sp³-hybridized carbons (Fsp3) is 0.357. The summed E-state index contributed by atoms with van der Waals surface area (Å²) in [5.74, 6) is -1.07. The zero-order valence-corrected chi connectivity index (χ0v) is 13.2. The molecule has 0 saturated carbocycles. The zero-order chi connectivity index (χ0) is 15.5. The molecule has 0 spiro atoms. The summed E-state index contributed by atoms with van der Waals surface area (Å²) in [7, 11) is 0. The van der Waals surface area contributed by atoms with Crippen LogP contribution in [0.5, 0.6) is 0 Å².